The molecule has 1 aliphatic rings. The van der Waals surface area contributed by atoms with Crippen LogP contribution in [0.15, 0.2) is 0 Å². The van der Waals surface area contributed by atoms with Crippen molar-refractivity contribution in [2.75, 3.05) is 7.11 Å². The zero-order chi connectivity index (χ0) is 9.84. The molecular weight excluding hydrogens is 166 g/mol. The minimum atomic E-state index is -0.0926. The summed E-state index contributed by atoms with van der Waals surface area (Å²) in [7, 11) is 1.44. The molecule has 0 heterocycles. The van der Waals surface area contributed by atoms with E-state index >= 15 is 0 Å². The predicted molar refractivity (Wildman–Crippen MR) is 51.1 cm³/mol. The molecule has 0 aliphatic heterocycles. The molecule has 3 heteroatoms. The van der Waals surface area contributed by atoms with Crippen LogP contribution in [0.4, 0.5) is 0 Å². The molecule has 1 saturated carbocycles. The summed E-state index contributed by atoms with van der Waals surface area (Å²) in [4.78, 5) is 11.2. The number of nitrogens with two attached hydrogens (primary N) is 1. The lowest BCUT2D eigenvalue weighted by Crippen LogP contribution is -2.38. The SMILES string of the molecule is CC[C@H]1CC[C@@H](C(=O)OC)C[C@H]1N. The Labute approximate surface area is 79.6 Å². The van der Waals surface area contributed by atoms with Crippen molar-refractivity contribution in [3.8, 4) is 0 Å². The molecule has 0 saturated heterocycles. The van der Waals surface area contributed by atoms with Crippen molar-refractivity contribution in [2.45, 2.75) is 38.6 Å². The summed E-state index contributed by atoms with van der Waals surface area (Å²) in [5, 5.41) is 0. The summed E-state index contributed by atoms with van der Waals surface area (Å²) in [6.07, 6.45) is 3.93. The molecule has 0 bridgehead atoms. The molecule has 0 radical (unpaired) electrons. The lowest BCUT2D eigenvalue weighted by atomic mass is 9.77. The van der Waals surface area contributed by atoms with Crippen molar-refractivity contribution in [2.24, 2.45) is 17.6 Å². The molecule has 0 aromatic rings. The molecule has 0 aromatic carbocycles. The van der Waals surface area contributed by atoms with Crippen LogP contribution < -0.4 is 5.73 Å². The lowest BCUT2D eigenvalue weighted by molar-refractivity contribution is -0.147. The van der Waals surface area contributed by atoms with Crippen LogP contribution >= 0.6 is 0 Å². The van der Waals surface area contributed by atoms with E-state index in [1.54, 1.807) is 0 Å². The molecule has 1 rings (SSSR count). The molecule has 13 heavy (non-hydrogen) atoms. The van der Waals surface area contributed by atoms with E-state index in [4.69, 9.17) is 10.5 Å². The van der Waals surface area contributed by atoms with Crippen LogP contribution in [0.1, 0.15) is 32.6 Å². The van der Waals surface area contributed by atoms with E-state index in [9.17, 15) is 4.79 Å². The highest BCUT2D eigenvalue weighted by Gasteiger charge is 2.31. The standard InChI is InChI=1S/C10H19NO2/c1-3-7-4-5-8(6-9(7)11)10(12)13-2/h7-9H,3-6,11H2,1-2H3/t7-,8+,9+/m0/s1. The molecule has 0 spiro atoms. The second-order valence-electron chi connectivity index (χ2n) is 3.87. The second-order valence-corrected chi connectivity index (χ2v) is 3.87. The Hall–Kier alpha value is -0.570. The maximum absolute atomic E-state index is 11.2. The number of hydrogen-bond donors (Lipinski definition) is 1. The Morgan fingerprint density at radius 2 is 2.23 bits per heavy atom. The van der Waals surface area contributed by atoms with Crippen LogP contribution in [0.3, 0.4) is 0 Å². The topological polar surface area (TPSA) is 52.3 Å². The van der Waals surface area contributed by atoms with Crippen LogP contribution in [-0.2, 0) is 9.53 Å². The zero-order valence-electron chi connectivity index (χ0n) is 8.45. The average molecular weight is 185 g/mol. The molecule has 0 aromatic heterocycles. The Kier molecular flexibility index (Phi) is 3.72. The number of carbonyl (C=O) groups is 1. The minimum absolute atomic E-state index is 0.0443. The number of rotatable bonds is 2. The normalized spacial score (nSPS) is 34.2. The summed E-state index contributed by atoms with van der Waals surface area (Å²) < 4.78 is 4.71. The van der Waals surface area contributed by atoms with Crippen LogP contribution in [-0.4, -0.2) is 19.1 Å². The van der Waals surface area contributed by atoms with Crippen molar-refractivity contribution in [1.82, 2.24) is 0 Å². The zero-order valence-corrected chi connectivity index (χ0v) is 8.45. The van der Waals surface area contributed by atoms with Gasteiger partial charge in [0.25, 0.3) is 0 Å². The first-order chi connectivity index (χ1) is 6.19. The van der Waals surface area contributed by atoms with Gasteiger partial charge in [0, 0.05) is 6.04 Å². The van der Waals surface area contributed by atoms with Gasteiger partial charge in [0.1, 0.15) is 0 Å². The van der Waals surface area contributed by atoms with Crippen molar-refractivity contribution in [3.63, 3.8) is 0 Å². The fraction of sp³-hybridized carbons (Fsp3) is 0.900. The van der Waals surface area contributed by atoms with Gasteiger partial charge in [-0.2, -0.15) is 0 Å². The summed E-state index contributed by atoms with van der Waals surface area (Å²) in [5.41, 5.74) is 5.96. The van der Waals surface area contributed by atoms with E-state index in [2.05, 4.69) is 6.92 Å². The monoisotopic (exact) mass is 185 g/mol. The van der Waals surface area contributed by atoms with Gasteiger partial charge >= 0.3 is 5.97 Å². The molecule has 1 fully saturated rings. The van der Waals surface area contributed by atoms with E-state index in [-0.39, 0.29) is 17.9 Å². The van der Waals surface area contributed by atoms with Crippen LogP contribution in [0.25, 0.3) is 0 Å². The lowest BCUT2D eigenvalue weighted by Gasteiger charge is -2.31. The Morgan fingerprint density at radius 3 is 2.69 bits per heavy atom. The quantitative estimate of drug-likeness (QED) is 0.660. The highest BCUT2D eigenvalue weighted by molar-refractivity contribution is 5.72. The van der Waals surface area contributed by atoms with Crippen molar-refractivity contribution < 1.29 is 9.53 Å². The number of methoxy groups -OCH3 is 1. The van der Waals surface area contributed by atoms with E-state index in [0.29, 0.717) is 5.92 Å². The highest BCUT2D eigenvalue weighted by Crippen LogP contribution is 2.30. The molecule has 0 unspecified atom stereocenters. The number of carbonyl (C=O) groups excluding carboxylic acids is 1. The first-order valence-electron chi connectivity index (χ1n) is 5.02. The van der Waals surface area contributed by atoms with Crippen LogP contribution in [0.5, 0.6) is 0 Å². The van der Waals surface area contributed by atoms with Gasteiger partial charge in [-0.3, -0.25) is 4.79 Å². The molecule has 76 valence electrons. The average Bonchev–Trinajstić information content (AvgIpc) is 2.16. The minimum Gasteiger partial charge on any atom is -0.469 e. The smallest absolute Gasteiger partial charge is 0.308 e. The summed E-state index contributed by atoms with van der Waals surface area (Å²) in [6, 6.07) is 0.183. The van der Waals surface area contributed by atoms with Crippen molar-refractivity contribution >= 4 is 5.97 Å². The summed E-state index contributed by atoms with van der Waals surface area (Å²) >= 11 is 0. The van der Waals surface area contributed by atoms with Crippen LogP contribution in [0, 0.1) is 11.8 Å². The molecule has 1 aliphatic carbocycles. The largest absolute Gasteiger partial charge is 0.469 e. The van der Waals surface area contributed by atoms with E-state index in [1.807, 2.05) is 0 Å². The first kappa shape index (κ1) is 10.5. The molecule has 0 amide bonds. The van der Waals surface area contributed by atoms with Gasteiger partial charge < -0.3 is 10.5 Å². The third-order valence-corrected chi connectivity index (χ3v) is 3.11. The molecule has 3 atom stereocenters. The maximum Gasteiger partial charge on any atom is 0.308 e. The first-order valence-corrected chi connectivity index (χ1v) is 5.02. The second kappa shape index (κ2) is 4.61. The third kappa shape index (κ3) is 2.44. The fourth-order valence-corrected chi connectivity index (χ4v) is 2.16. The van der Waals surface area contributed by atoms with E-state index in [1.165, 1.54) is 7.11 Å². The summed E-state index contributed by atoms with van der Waals surface area (Å²) in [5.74, 6) is 0.550. The number of esters is 1. The summed E-state index contributed by atoms with van der Waals surface area (Å²) in [6.45, 7) is 2.16. The highest BCUT2D eigenvalue weighted by atomic mass is 16.5. The van der Waals surface area contributed by atoms with Gasteiger partial charge in [0.2, 0.25) is 0 Å². The van der Waals surface area contributed by atoms with Gasteiger partial charge in [-0.05, 0) is 25.2 Å². The molecule has 3 nitrogen and oxygen atoms in total. The van der Waals surface area contributed by atoms with Crippen molar-refractivity contribution in [3.05, 3.63) is 0 Å². The van der Waals surface area contributed by atoms with Gasteiger partial charge in [-0.1, -0.05) is 13.3 Å². The Balaban J connectivity index is 2.45. The molecular formula is C10H19NO2. The predicted octanol–water partition coefficient (Wildman–Crippen LogP) is 1.31. The Morgan fingerprint density at radius 1 is 1.54 bits per heavy atom. The van der Waals surface area contributed by atoms with Crippen molar-refractivity contribution in [1.29, 1.82) is 0 Å². The fourth-order valence-electron chi connectivity index (χ4n) is 2.16. The Bertz CT molecular complexity index is 182. The van der Waals surface area contributed by atoms with Gasteiger partial charge in [0.15, 0.2) is 0 Å². The van der Waals surface area contributed by atoms with E-state index < -0.39 is 0 Å². The molecule has 2 N–H and O–H groups in total. The number of ether oxygens (including phenoxy) is 1. The number of hydrogen-bond acceptors (Lipinski definition) is 3. The van der Waals surface area contributed by atoms with Gasteiger partial charge in [0.05, 0.1) is 13.0 Å². The van der Waals surface area contributed by atoms with Crippen LogP contribution in [0.2, 0.25) is 0 Å². The van der Waals surface area contributed by atoms with Gasteiger partial charge in [-0.25, -0.2) is 0 Å². The third-order valence-electron chi connectivity index (χ3n) is 3.11. The maximum atomic E-state index is 11.2. The van der Waals surface area contributed by atoms with Gasteiger partial charge in [-0.15, -0.1) is 0 Å². The van der Waals surface area contributed by atoms with E-state index in [0.717, 1.165) is 25.7 Å².